The van der Waals surface area contributed by atoms with Gasteiger partial charge in [-0.1, -0.05) is 18.5 Å². The van der Waals surface area contributed by atoms with Crippen LogP contribution in [-0.2, 0) is 4.79 Å². The Bertz CT molecular complexity index is 413. The molecule has 0 bridgehead atoms. The van der Waals surface area contributed by atoms with E-state index in [1.54, 1.807) is 6.07 Å². The molecule has 4 heteroatoms. The summed E-state index contributed by atoms with van der Waals surface area (Å²) in [7, 11) is 0. The predicted molar refractivity (Wildman–Crippen MR) is 62.2 cm³/mol. The molecule has 0 aliphatic carbocycles. The van der Waals surface area contributed by atoms with E-state index in [0.29, 0.717) is 22.9 Å². The molecule has 0 aliphatic heterocycles. The maximum absolute atomic E-state index is 11.4. The molecular weight excluding hydrogens is 228 g/mol. The molecule has 1 aromatic carbocycles. The third-order valence-electron chi connectivity index (χ3n) is 1.97. The molecule has 0 fully saturated rings. The summed E-state index contributed by atoms with van der Waals surface area (Å²) in [6.45, 7) is 3.74. The van der Waals surface area contributed by atoms with Gasteiger partial charge in [0, 0.05) is 12.5 Å². The summed E-state index contributed by atoms with van der Waals surface area (Å²) < 4.78 is 5.36. The van der Waals surface area contributed by atoms with Crippen molar-refractivity contribution in [1.82, 2.24) is 0 Å². The van der Waals surface area contributed by atoms with E-state index in [1.807, 2.05) is 6.92 Å². The van der Waals surface area contributed by atoms with E-state index >= 15 is 0 Å². The average molecular weight is 241 g/mol. The molecule has 0 atom stereocenters. The molecule has 16 heavy (non-hydrogen) atoms. The maximum atomic E-state index is 11.4. The molecule has 0 unspecified atom stereocenters. The van der Waals surface area contributed by atoms with Gasteiger partial charge in [0.2, 0.25) is 5.78 Å². The third kappa shape index (κ3) is 3.07. The Labute approximate surface area is 99.4 Å². The summed E-state index contributed by atoms with van der Waals surface area (Å²) in [6.07, 6.45) is 0.848. The Hall–Kier alpha value is -1.35. The molecule has 0 N–H and O–H groups in total. The minimum atomic E-state index is -0.530. The van der Waals surface area contributed by atoms with E-state index in [0.717, 1.165) is 6.42 Å². The number of carbonyl (C=O) groups is 2. The topological polar surface area (TPSA) is 43.4 Å². The van der Waals surface area contributed by atoms with Gasteiger partial charge < -0.3 is 4.74 Å². The van der Waals surface area contributed by atoms with Crippen LogP contribution in [0.5, 0.6) is 5.75 Å². The molecular formula is C12H13ClO3. The molecule has 0 saturated heterocycles. The zero-order valence-electron chi connectivity index (χ0n) is 9.25. The monoisotopic (exact) mass is 240 g/mol. The van der Waals surface area contributed by atoms with Crippen molar-refractivity contribution in [3.05, 3.63) is 28.8 Å². The van der Waals surface area contributed by atoms with Crippen molar-refractivity contribution >= 4 is 23.2 Å². The number of ether oxygens (including phenoxy) is 1. The number of hydrogen-bond acceptors (Lipinski definition) is 3. The van der Waals surface area contributed by atoms with Gasteiger partial charge in [-0.05, 0) is 24.6 Å². The number of benzene rings is 1. The quantitative estimate of drug-likeness (QED) is 0.587. The van der Waals surface area contributed by atoms with E-state index in [9.17, 15) is 9.59 Å². The van der Waals surface area contributed by atoms with Crippen LogP contribution in [0.25, 0.3) is 0 Å². The van der Waals surface area contributed by atoms with Gasteiger partial charge in [0.15, 0.2) is 5.78 Å². The normalized spacial score (nSPS) is 9.94. The standard InChI is InChI=1S/C12H13ClO3/c1-3-6-16-11-7-9(4-5-10(11)13)12(15)8(2)14/h4-5,7H,3,6H2,1-2H3. The number of Topliss-reactive ketones (excluding diaryl/α,β-unsaturated/α-hetero) is 2. The SMILES string of the molecule is CCCOc1cc(C(=O)C(C)=O)ccc1Cl. The van der Waals surface area contributed by atoms with Crippen molar-refractivity contribution in [2.24, 2.45) is 0 Å². The smallest absolute Gasteiger partial charge is 0.228 e. The van der Waals surface area contributed by atoms with E-state index < -0.39 is 11.6 Å². The highest BCUT2D eigenvalue weighted by molar-refractivity contribution is 6.43. The van der Waals surface area contributed by atoms with Crippen LogP contribution in [0.4, 0.5) is 0 Å². The molecule has 0 aromatic heterocycles. The zero-order chi connectivity index (χ0) is 12.1. The van der Waals surface area contributed by atoms with Gasteiger partial charge in [0.25, 0.3) is 0 Å². The van der Waals surface area contributed by atoms with Crippen LogP contribution < -0.4 is 4.74 Å². The van der Waals surface area contributed by atoms with Gasteiger partial charge in [0.05, 0.1) is 11.6 Å². The zero-order valence-corrected chi connectivity index (χ0v) is 10.0. The molecule has 1 rings (SSSR count). The van der Waals surface area contributed by atoms with Crippen LogP contribution in [0.2, 0.25) is 5.02 Å². The fraction of sp³-hybridized carbons (Fsp3) is 0.333. The highest BCUT2D eigenvalue weighted by atomic mass is 35.5. The van der Waals surface area contributed by atoms with Crippen molar-refractivity contribution in [2.75, 3.05) is 6.61 Å². The van der Waals surface area contributed by atoms with Gasteiger partial charge in [-0.25, -0.2) is 0 Å². The second-order valence-electron chi connectivity index (χ2n) is 3.38. The second-order valence-corrected chi connectivity index (χ2v) is 3.79. The third-order valence-corrected chi connectivity index (χ3v) is 2.29. The Balaban J connectivity index is 2.97. The largest absolute Gasteiger partial charge is 0.492 e. The van der Waals surface area contributed by atoms with E-state index in [-0.39, 0.29) is 0 Å². The van der Waals surface area contributed by atoms with Gasteiger partial charge in [0.1, 0.15) is 5.75 Å². The average Bonchev–Trinajstić information content (AvgIpc) is 2.27. The summed E-state index contributed by atoms with van der Waals surface area (Å²) >= 11 is 5.89. The van der Waals surface area contributed by atoms with Gasteiger partial charge in [-0.15, -0.1) is 0 Å². The van der Waals surface area contributed by atoms with Crippen LogP contribution >= 0.6 is 11.6 Å². The summed E-state index contributed by atoms with van der Waals surface area (Å²) in [6, 6.07) is 4.58. The number of carbonyl (C=O) groups excluding carboxylic acids is 2. The molecule has 0 aliphatic rings. The summed E-state index contributed by atoms with van der Waals surface area (Å²) in [5.74, 6) is -0.586. The molecule has 0 radical (unpaired) electrons. The first-order valence-corrected chi connectivity index (χ1v) is 5.41. The summed E-state index contributed by atoms with van der Waals surface area (Å²) in [4.78, 5) is 22.4. The Morgan fingerprint density at radius 2 is 2.06 bits per heavy atom. The fourth-order valence-corrected chi connectivity index (χ4v) is 1.34. The van der Waals surface area contributed by atoms with Gasteiger partial charge in [-0.3, -0.25) is 9.59 Å². The van der Waals surface area contributed by atoms with E-state index in [2.05, 4.69) is 0 Å². The highest BCUT2D eigenvalue weighted by Crippen LogP contribution is 2.25. The summed E-state index contributed by atoms with van der Waals surface area (Å²) in [5, 5.41) is 0.438. The first-order chi connectivity index (χ1) is 7.56. The van der Waals surface area contributed by atoms with Gasteiger partial charge >= 0.3 is 0 Å². The number of halogens is 1. The maximum Gasteiger partial charge on any atom is 0.228 e. The highest BCUT2D eigenvalue weighted by Gasteiger charge is 2.13. The Morgan fingerprint density at radius 3 is 2.62 bits per heavy atom. The van der Waals surface area contributed by atoms with Crippen molar-refractivity contribution in [3.63, 3.8) is 0 Å². The van der Waals surface area contributed by atoms with Crippen molar-refractivity contribution in [1.29, 1.82) is 0 Å². The van der Waals surface area contributed by atoms with Crippen LogP contribution in [0.3, 0.4) is 0 Å². The minimum absolute atomic E-state index is 0.308. The minimum Gasteiger partial charge on any atom is -0.492 e. The number of hydrogen-bond donors (Lipinski definition) is 0. The lowest BCUT2D eigenvalue weighted by atomic mass is 10.1. The van der Waals surface area contributed by atoms with Crippen LogP contribution in [0.1, 0.15) is 30.6 Å². The summed E-state index contributed by atoms with van der Waals surface area (Å²) in [5.41, 5.74) is 0.308. The van der Waals surface area contributed by atoms with Gasteiger partial charge in [-0.2, -0.15) is 0 Å². The lowest BCUT2D eigenvalue weighted by Gasteiger charge is -2.07. The van der Waals surface area contributed by atoms with Crippen LogP contribution in [-0.4, -0.2) is 18.2 Å². The van der Waals surface area contributed by atoms with Crippen LogP contribution in [0, 0.1) is 0 Å². The predicted octanol–water partition coefficient (Wildman–Crippen LogP) is 2.90. The molecule has 0 spiro atoms. The Morgan fingerprint density at radius 1 is 1.38 bits per heavy atom. The van der Waals surface area contributed by atoms with E-state index in [4.69, 9.17) is 16.3 Å². The molecule has 0 heterocycles. The van der Waals surface area contributed by atoms with Crippen molar-refractivity contribution < 1.29 is 14.3 Å². The lowest BCUT2D eigenvalue weighted by Crippen LogP contribution is -2.10. The molecule has 3 nitrogen and oxygen atoms in total. The molecule has 0 amide bonds. The van der Waals surface area contributed by atoms with Crippen molar-refractivity contribution in [2.45, 2.75) is 20.3 Å². The first kappa shape index (κ1) is 12.7. The molecule has 1 aromatic rings. The van der Waals surface area contributed by atoms with Crippen molar-refractivity contribution in [3.8, 4) is 5.75 Å². The second kappa shape index (κ2) is 5.66. The Kier molecular flexibility index (Phi) is 4.50. The number of ketones is 2. The fourth-order valence-electron chi connectivity index (χ4n) is 1.17. The molecule has 0 saturated carbocycles. The number of rotatable bonds is 5. The molecule has 86 valence electrons. The lowest BCUT2D eigenvalue weighted by molar-refractivity contribution is -0.113. The first-order valence-electron chi connectivity index (χ1n) is 5.04. The van der Waals surface area contributed by atoms with Crippen LogP contribution in [0.15, 0.2) is 18.2 Å². The van der Waals surface area contributed by atoms with E-state index in [1.165, 1.54) is 19.1 Å².